The zero-order chi connectivity index (χ0) is 12.9. The van der Waals surface area contributed by atoms with Crippen molar-refractivity contribution in [3.8, 4) is 0 Å². The van der Waals surface area contributed by atoms with E-state index in [4.69, 9.17) is 0 Å². The largest absolute Gasteiger partial charge is 0.355 e. The molecule has 1 aliphatic carbocycles. The summed E-state index contributed by atoms with van der Waals surface area (Å²) in [7, 11) is 0. The lowest BCUT2D eigenvalue weighted by Gasteiger charge is -2.15. The van der Waals surface area contributed by atoms with Crippen molar-refractivity contribution in [3.05, 3.63) is 42.5 Å². The van der Waals surface area contributed by atoms with E-state index >= 15 is 0 Å². The van der Waals surface area contributed by atoms with Gasteiger partial charge >= 0.3 is 0 Å². The smallest absolute Gasteiger partial charge is 0.203 e. The van der Waals surface area contributed by atoms with E-state index in [9.17, 15) is 0 Å². The van der Waals surface area contributed by atoms with Crippen LogP contribution in [-0.2, 0) is 6.42 Å². The summed E-state index contributed by atoms with van der Waals surface area (Å²) in [4.78, 5) is 8.56. The normalized spacial score (nSPS) is 15.8. The molecule has 0 aromatic carbocycles. The molecule has 1 saturated carbocycles. The van der Waals surface area contributed by atoms with E-state index in [1.165, 1.54) is 31.2 Å². The summed E-state index contributed by atoms with van der Waals surface area (Å²) in [5, 5.41) is 3.44. The Balaban J connectivity index is 1.57. The molecule has 1 fully saturated rings. The fourth-order valence-corrected chi connectivity index (χ4v) is 2.79. The number of aromatic nitrogens is 3. The summed E-state index contributed by atoms with van der Waals surface area (Å²) >= 11 is 0. The molecule has 0 amide bonds. The van der Waals surface area contributed by atoms with Gasteiger partial charge in [0.2, 0.25) is 5.95 Å². The molecule has 3 rings (SSSR count). The Morgan fingerprint density at radius 1 is 1.26 bits per heavy atom. The number of nitrogens with one attached hydrogen (secondary N) is 1. The Morgan fingerprint density at radius 2 is 2.16 bits per heavy atom. The Kier molecular flexibility index (Phi) is 3.77. The molecule has 4 heteroatoms. The number of hydrogen-bond donors (Lipinski definition) is 1. The maximum Gasteiger partial charge on any atom is 0.203 e. The molecular formula is C15H20N4. The van der Waals surface area contributed by atoms with Crippen molar-refractivity contribution < 1.29 is 0 Å². The molecule has 100 valence electrons. The van der Waals surface area contributed by atoms with Crippen LogP contribution < -0.4 is 5.32 Å². The Bertz CT molecular complexity index is 500. The van der Waals surface area contributed by atoms with E-state index in [1.807, 2.05) is 24.7 Å². The van der Waals surface area contributed by atoms with Crippen LogP contribution in [0.3, 0.4) is 0 Å². The van der Waals surface area contributed by atoms with Crippen molar-refractivity contribution in [3.63, 3.8) is 0 Å². The zero-order valence-electron chi connectivity index (χ0n) is 11.1. The van der Waals surface area contributed by atoms with Gasteiger partial charge in [-0.3, -0.25) is 4.98 Å². The third-order valence-corrected chi connectivity index (χ3v) is 3.81. The van der Waals surface area contributed by atoms with Gasteiger partial charge in [0.15, 0.2) is 0 Å². The maximum atomic E-state index is 4.43. The standard InChI is InChI=1S/C15H20N4/c1-2-6-14(5-1)19-11-10-18-15(19)17-9-7-13-4-3-8-16-12-13/h3-4,8,10-12,14H,1-2,5-7,9H2,(H,17,18). The minimum absolute atomic E-state index is 0.642. The van der Waals surface area contributed by atoms with E-state index in [2.05, 4.69) is 32.1 Å². The van der Waals surface area contributed by atoms with Crippen molar-refractivity contribution in [2.24, 2.45) is 0 Å². The number of pyridine rings is 1. The van der Waals surface area contributed by atoms with Crippen LogP contribution in [0.2, 0.25) is 0 Å². The Morgan fingerprint density at radius 3 is 2.95 bits per heavy atom. The van der Waals surface area contributed by atoms with E-state index in [-0.39, 0.29) is 0 Å². The molecule has 0 unspecified atom stereocenters. The summed E-state index contributed by atoms with van der Waals surface area (Å²) in [6.07, 6.45) is 14.0. The van der Waals surface area contributed by atoms with Crippen LogP contribution in [0.5, 0.6) is 0 Å². The first kappa shape index (κ1) is 12.2. The Labute approximate surface area is 113 Å². The average molecular weight is 256 g/mol. The molecule has 2 aromatic heterocycles. The fourth-order valence-electron chi connectivity index (χ4n) is 2.79. The maximum absolute atomic E-state index is 4.43. The first-order valence-electron chi connectivity index (χ1n) is 7.09. The van der Waals surface area contributed by atoms with E-state index in [1.54, 1.807) is 0 Å². The van der Waals surface area contributed by atoms with Crippen LogP contribution in [0.4, 0.5) is 5.95 Å². The third-order valence-electron chi connectivity index (χ3n) is 3.81. The molecule has 1 N–H and O–H groups in total. The summed E-state index contributed by atoms with van der Waals surface area (Å²) < 4.78 is 2.30. The second-order valence-electron chi connectivity index (χ2n) is 5.13. The summed E-state index contributed by atoms with van der Waals surface area (Å²) in [6.45, 7) is 0.898. The molecule has 0 radical (unpaired) electrons. The van der Waals surface area contributed by atoms with Gasteiger partial charge in [-0.25, -0.2) is 4.98 Å². The number of hydrogen-bond acceptors (Lipinski definition) is 3. The molecule has 1 aliphatic rings. The molecule has 0 saturated heterocycles. The highest BCUT2D eigenvalue weighted by Crippen LogP contribution is 2.31. The minimum atomic E-state index is 0.642. The van der Waals surface area contributed by atoms with Crippen molar-refractivity contribution in [2.45, 2.75) is 38.1 Å². The van der Waals surface area contributed by atoms with Crippen LogP contribution in [0.15, 0.2) is 36.9 Å². The lowest BCUT2D eigenvalue weighted by atomic mass is 10.2. The quantitative estimate of drug-likeness (QED) is 0.894. The van der Waals surface area contributed by atoms with Gasteiger partial charge in [0, 0.05) is 37.4 Å². The van der Waals surface area contributed by atoms with Gasteiger partial charge in [-0.05, 0) is 30.9 Å². The molecule has 0 aliphatic heterocycles. The van der Waals surface area contributed by atoms with Crippen LogP contribution in [-0.4, -0.2) is 21.1 Å². The van der Waals surface area contributed by atoms with E-state index < -0.39 is 0 Å². The second kappa shape index (κ2) is 5.87. The van der Waals surface area contributed by atoms with Gasteiger partial charge in [0.25, 0.3) is 0 Å². The third kappa shape index (κ3) is 2.95. The number of rotatable bonds is 5. The lowest BCUT2D eigenvalue weighted by molar-refractivity contribution is 0.523. The number of imidazole rings is 1. The fraction of sp³-hybridized carbons (Fsp3) is 0.467. The molecule has 2 aromatic rings. The van der Waals surface area contributed by atoms with Gasteiger partial charge in [-0.2, -0.15) is 0 Å². The summed E-state index contributed by atoms with van der Waals surface area (Å²) in [5.74, 6) is 1.01. The van der Waals surface area contributed by atoms with Crippen molar-refractivity contribution in [1.82, 2.24) is 14.5 Å². The molecule has 0 spiro atoms. The number of nitrogens with zero attached hydrogens (tertiary/aromatic N) is 3. The van der Waals surface area contributed by atoms with E-state index in [0.717, 1.165) is 18.9 Å². The average Bonchev–Trinajstić information content (AvgIpc) is 3.10. The molecule has 0 bridgehead atoms. The molecule has 19 heavy (non-hydrogen) atoms. The van der Waals surface area contributed by atoms with Gasteiger partial charge in [0.05, 0.1) is 0 Å². The van der Waals surface area contributed by atoms with Crippen LogP contribution in [0, 0.1) is 0 Å². The van der Waals surface area contributed by atoms with Crippen LogP contribution in [0.25, 0.3) is 0 Å². The molecular weight excluding hydrogens is 236 g/mol. The first-order chi connectivity index (χ1) is 9.43. The van der Waals surface area contributed by atoms with Crippen molar-refractivity contribution in [1.29, 1.82) is 0 Å². The van der Waals surface area contributed by atoms with Gasteiger partial charge < -0.3 is 9.88 Å². The summed E-state index contributed by atoms with van der Waals surface area (Å²) in [6, 6.07) is 4.73. The first-order valence-corrected chi connectivity index (χ1v) is 7.09. The lowest BCUT2D eigenvalue weighted by Crippen LogP contribution is -2.13. The molecule has 4 nitrogen and oxygen atoms in total. The SMILES string of the molecule is c1cncc(CCNc2nccn2C2CCCC2)c1. The number of anilines is 1. The van der Waals surface area contributed by atoms with Crippen LogP contribution >= 0.6 is 0 Å². The van der Waals surface area contributed by atoms with Crippen molar-refractivity contribution in [2.75, 3.05) is 11.9 Å². The molecule has 2 heterocycles. The Hall–Kier alpha value is -1.84. The highest BCUT2D eigenvalue weighted by Gasteiger charge is 2.18. The predicted molar refractivity (Wildman–Crippen MR) is 76.2 cm³/mol. The minimum Gasteiger partial charge on any atom is -0.355 e. The summed E-state index contributed by atoms with van der Waals surface area (Å²) in [5.41, 5.74) is 1.26. The molecule has 0 atom stereocenters. The van der Waals surface area contributed by atoms with Gasteiger partial charge in [-0.15, -0.1) is 0 Å². The monoisotopic (exact) mass is 256 g/mol. The van der Waals surface area contributed by atoms with Crippen molar-refractivity contribution >= 4 is 5.95 Å². The van der Waals surface area contributed by atoms with Crippen LogP contribution in [0.1, 0.15) is 37.3 Å². The predicted octanol–water partition coefficient (Wildman–Crippen LogP) is 3.05. The van der Waals surface area contributed by atoms with E-state index in [0.29, 0.717) is 6.04 Å². The second-order valence-corrected chi connectivity index (χ2v) is 5.13. The van der Waals surface area contributed by atoms with Gasteiger partial charge in [-0.1, -0.05) is 18.9 Å². The topological polar surface area (TPSA) is 42.7 Å². The zero-order valence-corrected chi connectivity index (χ0v) is 11.1. The highest BCUT2D eigenvalue weighted by molar-refractivity contribution is 5.27. The van der Waals surface area contributed by atoms with Gasteiger partial charge in [0.1, 0.15) is 0 Å². The highest BCUT2D eigenvalue weighted by atomic mass is 15.2.